The van der Waals surface area contributed by atoms with Crippen LogP contribution >= 0.6 is 0 Å². The van der Waals surface area contributed by atoms with Crippen molar-refractivity contribution in [2.24, 2.45) is 0 Å². The maximum Gasteiger partial charge on any atom is 0.106 e. The van der Waals surface area contributed by atoms with E-state index in [0.29, 0.717) is 19.8 Å². The Balaban J connectivity index is 3.65. The third-order valence-corrected chi connectivity index (χ3v) is 2.11. The van der Waals surface area contributed by atoms with Crippen LogP contribution in [0.4, 0.5) is 0 Å². The van der Waals surface area contributed by atoms with Crippen LogP contribution in [0.1, 0.15) is 6.92 Å². The Bertz CT molecular complexity index is 140. The topological polar surface area (TPSA) is 57.2 Å². The fourth-order valence-corrected chi connectivity index (χ4v) is 1.09. The van der Waals surface area contributed by atoms with Crippen molar-refractivity contribution in [1.29, 1.82) is 0 Å². The number of hydrogen-bond acceptors (Lipinski definition) is 5. The van der Waals surface area contributed by atoms with E-state index in [2.05, 4.69) is 0 Å². The molecule has 0 saturated carbocycles. The Labute approximate surface area is 91.3 Å². The van der Waals surface area contributed by atoms with E-state index < -0.39 is 6.10 Å². The Hall–Kier alpha value is -0.200. The lowest BCUT2D eigenvalue weighted by Gasteiger charge is -2.20. The van der Waals surface area contributed by atoms with Gasteiger partial charge in [0.2, 0.25) is 0 Å². The summed E-state index contributed by atoms with van der Waals surface area (Å²) in [6, 6.07) is 0. The smallest absolute Gasteiger partial charge is 0.106 e. The summed E-state index contributed by atoms with van der Waals surface area (Å²) in [5.41, 5.74) is 0. The minimum absolute atomic E-state index is 0.0819. The van der Waals surface area contributed by atoms with E-state index in [0.717, 1.165) is 0 Å². The van der Waals surface area contributed by atoms with Gasteiger partial charge >= 0.3 is 0 Å². The van der Waals surface area contributed by atoms with Gasteiger partial charge < -0.3 is 24.1 Å². The average molecular weight is 222 g/mol. The molecule has 0 aromatic rings. The van der Waals surface area contributed by atoms with E-state index in [-0.39, 0.29) is 12.2 Å². The molecule has 0 aliphatic carbocycles. The molecule has 0 rings (SSSR count). The lowest BCUT2D eigenvalue weighted by molar-refractivity contribution is -0.0819. The first-order valence-electron chi connectivity index (χ1n) is 4.96. The number of ether oxygens (including phenoxy) is 4. The maximum atomic E-state index is 9.28. The highest BCUT2D eigenvalue weighted by molar-refractivity contribution is 4.63. The number of hydrogen-bond donors (Lipinski definition) is 1. The van der Waals surface area contributed by atoms with Gasteiger partial charge in [0.1, 0.15) is 12.2 Å². The van der Waals surface area contributed by atoms with Gasteiger partial charge in [0, 0.05) is 21.3 Å². The number of methoxy groups -OCH3 is 3. The first kappa shape index (κ1) is 14.8. The van der Waals surface area contributed by atoms with Gasteiger partial charge in [0.05, 0.1) is 25.9 Å². The molecule has 3 unspecified atom stereocenters. The number of aliphatic hydroxyl groups is 1. The second kappa shape index (κ2) is 9.06. The average Bonchev–Trinajstić information content (AvgIpc) is 2.22. The third kappa shape index (κ3) is 6.81. The molecule has 0 saturated heterocycles. The zero-order valence-corrected chi connectivity index (χ0v) is 9.93. The molecule has 0 radical (unpaired) electrons. The summed E-state index contributed by atoms with van der Waals surface area (Å²) in [4.78, 5) is 0. The van der Waals surface area contributed by atoms with Gasteiger partial charge in [0.15, 0.2) is 0 Å². The van der Waals surface area contributed by atoms with Gasteiger partial charge in [-0.2, -0.15) is 0 Å². The molecule has 0 aliphatic heterocycles. The normalized spacial score (nSPS) is 17.4. The lowest BCUT2D eigenvalue weighted by atomic mass is 10.2. The molecule has 0 bridgehead atoms. The molecule has 0 aromatic heterocycles. The molecule has 15 heavy (non-hydrogen) atoms. The van der Waals surface area contributed by atoms with E-state index in [1.54, 1.807) is 28.3 Å². The molecule has 1 N–H and O–H groups in total. The van der Waals surface area contributed by atoms with E-state index in [1.165, 1.54) is 0 Å². The number of rotatable bonds is 9. The molecule has 5 heteroatoms. The van der Waals surface area contributed by atoms with Gasteiger partial charge in [-0.15, -0.1) is 0 Å². The van der Waals surface area contributed by atoms with Crippen molar-refractivity contribution < 1.29 is 24.1 Å². The van der Waals surface area contributed by atoms with Gasteiger partial charge in [0.25, 0.3) is 0 Å². The minimum atomic E-state index is -0.543. The predicted octanol–water partition coefficient (Wildman–Crippen LogP) is 0.0602. The summed E-state index contributed by atoms with van der Waals surface area (Å²) >= 11 is 0. The zero-order valence-electron chi connectivity index (χ0n) is 9.93. The lowest BCUT2D eigenvalue weighted by Crippen LogP contribution is -2.32. The zero-order chi connectivity index (χ0) is 11.7. The van der Waals surface area contributed by atoms with Crippen LogP contribution in [0.15, 0.2) is 0 Å². The maximum absolute atomic E-state index is 9.28. The minimum Gasteiger partial charge on any atom is -0.391 e. The standard InChI is InChI=1S/C10H22O5/c1-8(11)10(14-4)7-15-6-9(13-3)5-12-2/h8-11H,5-7H2,1-4H3. The van der Waals surface area contributed by atoms with Crippen LogP contribution < -0.4 is 0 Å². The van der Waals surface area contributed by atoms with Crippen molar-refractivity contribution in [2.75, 3.05) is 41.2 Å². The highest BCUT2D eigenvalue weighted by atomic mass is 16.6. The second-order valence-electron chi connectivity index (χ2n) is 3.37. The Morgan fingerprint density at radius 3 is 2.07 bits per heavy atom. The Morgan fingerprint density at radius 1 is 1.00 bits per heavy atom. The molecule has 92 valence electrons. The fraction of sp³-hybridized carbons (Fsp3) is 1.00. The van der Waals surface area contributed by atoms with Crippen molar-refractivity contribution >= 4 is 0 Å². The van der Waals surface area contributed by atoms with Gasteiger partial charge in [-0.1, -0.05) is 0 Å². The van der Waals surface area contributed by atoms with Crippen molar-refractivity contribution in [3.8, 4) is 0 Å². The molecule has 0 heterocycles. The van der Waals surface area contributed by atoms with E-state index in [1.807, 2.05) is 0 Å². The van der Waals surface area contributed by atoms with Crippen LogP contribution in [-0.4, -0.2) is 64.6 Å². The third-order valence-electron chi connectivity index (χ3n) is 2.11. The first-order valence-corrected chi connectivity index (χ1v) is 4.96. The van der Waals surface area contributed by atoms with Crippen LogP contribution in [0.3, 0.4) is 0 Å². The van der Waals surface area contributed by atoms with Crippen molar-refractivity contribution in [2.45, 2.75) is 25.2 Å². The summed E-state index contributed by atoms with van der Waals surface area (Å²) in [5.74, 6) is 0. The largest absolute Gasteiger partial charge is 0.391 e. The van der Waals surface area contributed by atoms with Gasteiger partial charge in [-0.25, -0.2) is 0 Å². The van der Waals surface area contributed by atoms with Crippen LogP contribution in [0, 0.1) is 0 Å². The summed E-state index contributed by atoms with van der Waals surface area (Å²) in [6.07, 6.45) is -0.926. The molecule has 0 spiro atoms. The Morgan fingerprint density at radius 2 is 1.67 bits per heavy atom. The molecular weight excluding hydrogens is 200 g/mol. The molecular formula is C10H22O5. The molecule has 0 amide bonds. The Kier molecular flexibility index (Phi) is 8.94. The highest BCUT2D eigenvalue weighted by Gasteiger charge is 2.15. The van der Waals surface area contributed by atoms with Crippen molar-refractivity contribution in [3.05, 3.63) is 0 Å². The molecule has 3 atom stereocenters. The van der Waals surface area contributed by atoms with Crippen LogP contribution in [0.2, 0.25) is 0 Å². The van der Waals surface area contributed by atoms with Crippen LogP contribution in [-0.2, 0) is 18.9 Å². The van der Waals surface area contributed by atoms with Crippen LogP contribution in [0.25, 0.3) is 0 Å². The summed E-state index contributed by atoms with van der Waals surface area (Å²) in [6.45, 7) is 2.93. The highest BCUT2D eigenvalue weighted by Crippen LogP contribution is 2.00. The summed E-state index contributed by atoms with van der Waals surface area (Å²) in [7, 11) is 4.76. The fourth-order valence-electron chi connectivity index (χ4n) is 1.09. The number of aliphatic hydroxyl groups excluding tert-OH is 1. The first-order chi connectivity index (χ1) is 7.15. The van der Waals surface area contributed by atoms with E-state index >= 15 is 0 Å². The second-order valence-corrected chi connectivity index (χ2v) is 3.37. The summed E-state index contributed by atoms with van der Waals surface area (Å²) < 4.78 is 20.5. The van der Waals surface area contributed by atoms with Crippen molar-refractivity contribution in [3.63, 3.8) is 0 Å². The molecule has 0 fully saturated rings. The molecule has 5 nitrogen and oxygen atoms in total. The summed E-state index contributed by atoms with van der Waals surface area (Å²) in [5, 5.41) is 9.28. The van der Waals surface area contributed by atoms with Crippen LogP contribution in [0.5, 0.6) is 0 Å². The van der Waals surface area contributed by atoms with E-state index in [9.17, 15) is 5.11 Å². The molecule has 0 aromatic carbocycles. The van der Waals surface area contributed by atoms with E-state index in [4.69, 9.17) is 18.9 Å². The molecule has 0 aliphatic rings. The monoisotopic (exact) mass is 222 g/mol. The van der Waals surface area contributed by atoms with Gasteiger partial charge in [-0.05, 0) is 6.92 Å². The quantitative estimate of drug-likeness (QED) is 0.598. The van der Waals surface area contributed by atoms with Crippen molar-refractivity contribution in [1.82, 2.24) is 0 Å². The SMILES string of the molecule is COCC(COCC(OC)C(C)O)OC. The predicted molar refractivity (Wildman–Crippen MR) is 56.0 cm³/mol. The van der Waals surface area contributed by atoms with Gasteiger partial charge in [-0.3, -0.25) is 0 Å².